The molecule has 3 aromatic rings. The zero-order valence-corrected chi connectivity index (χ0v) is 17.2. The monoisotopic (exact) mass is 411 g/mol. The maximum absolute atomic E-state index is 12.9. The van der Waals surface area contributed by atoms with E-state index in [0.29, 0.717) is 24.6 Å². The first kappa shape index (κ1) is 19.8. The maximum Gasteiger partial charge on any atom is 0.242 e. The van der Waals surface area contributed by atoms with Gasteiger partial charge in [0.15, 0.2) is 0 Å². The zero-order valence-electron chi connectivity index (χ0n) is 16.4. The largest absolute Gasteiger partial charge is 0.497 e. The molecule has 1 aliphatic heterocycles. The van der Waals surface area contributed by atoms with Gasteiger partial charge in [-0.25, -0.2) is 13.1 Å². The van der Waals surface area contributed by atoms with Crippen molar-refractivity contribution in [3.63, 3.8) is 0 Å². The summed E-state index contributed by atoms with van der Waals surface area (Å²) >= 11 is 0. The Kier molecular flexibility index (Phi) is 5.80. The smallest absolute Gasteiger partial charge is 0.242 e. The molecule has 0 amide bonds. The summed E-state index contributed by atoms with van der Waals surface area (Å²) in [6.07, 6.45) is 3.80. The van der Waals surface area contributed by atoms with E-state index >= 15 is 0 Å². The molecule has 2 aromatic carbocycles. The van der Waals surface area contributed by atoms with E-state index in [9.17, 15) is 8.42 Å². The second-order valence-corrected chi connectivity index (χ2v) is 8.93. The number of nitrogens with zero attached hydrogens (tertiary/aromatic N) is 2. The molecule has 6 nitrogen and oxygen atoms in total. The van der Waals surface area contributed by atoms with E-state index in [2.05, 4.69) is 26.7 Å². The summed E-state index contributed by atoms with van der Waals surface area (Å²) in [5.41, 5.74) is 1.74. The topological polar surface area (TPSA) is 71.5 Å². The number of benzene rings is 2. The van der Waals surface area contributed by atoms with Crippen molar-refractivity contribution in [1.82, 2.24) is 14.6 Å². The van der Waals surface area contributed by atoms with Crippen LogP contribution in [0.25, 0.3) is 10.9 Å². The van der Waals surface area contributed by atoms with Gasteiger partial charge in [-0.2, -0.15) is 0 Å². The molecule has 1 N–H and O–H groups in total. The van der Waals surface area contributed by atoms with Gasteiger partial charge in [0.1, 0.15) is 10.6 Å². The first-order valence-corrected chi connectivity index (χ1v) is 11.3. The summed E-state index contributed by atoms with van der Waals surface area (Å²) in [4.78, 5) is 6.82. The number of ether oxygens (including phenoxy) is 1. The van der Waals surface area contributed by atoms with Gasteiger partial charge in [0.25, 0.3) is 0 Å². The van der Waals surface area contributed by atoms with Gasteiger partial charge in [-0.1, -0.05) is 30.3 Å². The number of sulfonamides is 1. The third-order valence-corrected chi connectivity index (χ3v) is 6.93. The lowest BCUT2D eigenvalue weighted by Crippen LogP contribution is -2.34. The third-order valence-electron chi connectivity index (χ3n) is 5.44. The predicted octanol–water partition coefficient (Wildman–Crippen LogP) is 3.36. The van der Waals surface area contributed by atoms with E-state index in [1.54, 1.807) is 31.5 Å². The van der Waals surface area contributed by atoms with Gasteiger partial charge < -0.3 is 4.74 Å². The molecule has 1 unspecified atom stereocenters. The number of hydrogen-bond acceptors (Lipinski definition) is 5. The maximum atomic E-state index is 12.9. The average Bonchev–Trinajstić information content (AvgIpc) is 3.21. The van der Waals surface area contributed by atoms with Crippen LogP contribution in [-0.2, 0) is 10.0 Å². The number of nitrogens with one attached hydrogen (secondary N) is 1. The van der Waals surface area contributed by atoms with Crippen LogP contribution in [0.1, 0.15) is 24.4 Å². The van der Waals surface area contributed by atoms with Crippen molar-refractivity contribution in [2.24, 2.45) is 0 Å². The van der Waals surface area contributed by atoms with Crippen LogP contribution >= 0.6 is 0 Å². The number of methoxy groups -OCH3 is 1. The number of rotatable bonds is 7. The van der Waals surface area contributed by atoms with Crippen LogP contribution in [0.3, 0.4) is 0 Å². The normalized spacial score (nSPS) is 17.6. The second kappa shape index (κ2) is 8.49. The SMILES string of the molecule is COc1ccc(C2CCCN2CCNS(=O)(=O)c2cccc3cccnc23)cc1. The van der Waals surface area contributed by atoms with E-state index < -0.39 is 10.0 Å². The molecule has 152 valence electrons. The fourth-order valence-electron chi connectivity index (χ4n) is 3.99. The van der Waals surface area contributed by atoms with Gasteiger partial charge >= 0.3 is 0 Å². The van der Waals surface area contributed by atoms with E-state index in [1.165, 1.54) is 5.56 Å². The molecule has 1 atom stereocenters. The molecular weight excluding hydrogens is 386 g/mol. The van der Waals surface area contributed by atoms with Crippen LogP contribution in [-0.4, -0.2) is 45.0 Å². The van der Waals surface area contributed by atoms with E-state index in [-0.39, 0.29) is 4.90 Å². The van der Waals surface area contributed by atoms with Crippen molar-refractivity contribution in [2.45, 2.75) is 23.8 Å². The van der Waals surface area contributed by atoms with Crippen LogP contribution in [0.15, 0.2) is 65.7 Å². The average molecular weight is 412 g/mol. The molecule has 1 aromatic heterocycles. The summed E-state index contributed by atoms with van der Waals surface area (Å²) in [7, 11) is -1.96. The second-order valence-electron chi connectivity index (χ2n) is 7.20. The number of para-hydroxylation sites is 1. The standard InChI is InChI=1S/C22H25N3O3S/c1-28-19-11-9-17(10-12-19)20-7-4-15-25(20)16-14-24-29(26,27)21-8-2-5-18-6-3-13-23-22(18)21/h2-3,5-6,8-13,20,24H,4,7,14-16H2,1H3. The minimum atomic E-state index is -3.63. The molecule has 0 bridgehead atoms. The van der Waals surface area contributed by atoms with E-state index in [4.69, 9.17) is 4.74 Å². The Bertz CT molecular complexity index is 1080. The Morgan fingerprint density at radius 3 is 2.72 bits per heavy atom. The molecule has 1 aliphatic rings. The molecule has 0 saturated carbocycles. The molecule has 4 rings (SSSR count). The van der Waals surface area contributed by atoms with E-state index in [1.807, 2.05) is 24.3 Å². The summed E-state index contributed by atoms with van der Waals surface area (Å²) in [6.45, 7) is 1.99. The van der Waals surface area contributed by atoms with Crippen LogP contribution in [0.4, 0.5) is 0 Å². The lowest BCUT2D eigenvalue weighted by Gasteiger charge is -2.25. The lowest BCUT2D eigenvalue weighted by molar-refractivity contribution is 0.261. The summed E-state index contributed by atoms with van der Waals surface area (Å²) in [5, 5.41) is 0.814. The number of hydrogen-bond donors (Lipinski definition) is 1. The first-order valence-electron chi connectivity index (χ1n) is 9.80. The quantitative estimate of drug-likeness (QED) is 0.646. The number of pyridine rings is 1. The summed E-state index contributed by atoms with van der Waals surface area (Å²) in [6, 6.07) is 17.3. The Morgan fingerprint density at radius 2 is 1.93 bits per heavy atom. The molecule has 0 radical (unpaired) electrons. The van der Waals surface area contributed by atoms with Crippen molar-refractivity contribution in [2.75, 3.05) is 26.7 Å². The Labute approximate surface area is 171 Å². The predicted molar refractivity (Wildman–Crippen MR) is 113 cm³/mol. The van der Waals surface area contributed by atoms with Crippen molar-refractivity contribution in [3.8, 4) is 5.75 Å². The number of aromatic nitrogens is 1. The van der Waals surface area contributed by atoms with Crippen LogP contribution in [0, 0.1) is 0 Å². The van der Waals surface area contributed by atoms with Gasteiger partial charge in [-0.15, -0.1) is 0 Å². The summed E-state index contributed by atoms with van der Waals surface area (Å²) in [5.74, 6) is 0.842. The number of likely N-dealkylation sites (tertiary alicyclic amines) is 1. The Balaban J connectivity index is 1.43. The van der Waals surface area contributed by atoms with Crippen molar-refractivity contribution in [1.29, 1.82) is 0 Å². The molecule has 0 aliphatic carbocycles. The highest BCUT2D eigenvalue weighted by molar-refractivity contribution is 7.89. The highest BCUT2D eigenvalue weighted by atomic mass is 32.2. The zero-order chi connectivity index (χ0) is 20.3. The highest BCUT2D eigenvalue weighted by Crippen LogP contribution is 2.32. The lowest BCUT2D eigenvalue weighted by atomic mass is 10.0. The van der Waals surface area contributed by atoms with Crippen molar-refractivity contribution < 1.29 is 13.2 Å². The summed E-state index contributed by atoms with van der Waals surface area (Å²) < 4.78 is 33.7. The van der Waals surface area contributed by atoms with Crippen LogP contribution in [0.5, 0.6) is 5.75 Å². The van der Waals surface area contributed by atoms with Crippen LogP contribution in [0.2, 0.25) is 0 Å². The van der Waals surface area contributed by atoms with Crippen molar-refractivity contribution >= 4 is 20.9 Å². The first-order chi connectivity index (χ1) is 14.1. The Hall–Kier alpha value is -2.48. The fourth-order valence-corrected chi connectivity index (χ4v) is 5.19. The van der Waals surface area contributed by atoms with E-state index in [0.717, 1.165) is 30.5 Å². The number of fused-ring (bicyclic) bond motifs is 1. The Morgan fingerprint density at radius 1 is 1.14 bits per heavy atom. The van der Waals surface area contributed by atoms with Gasteiger partial charge in [-0.05, 0) is 49.2 Å². The van der Waals surface area contributed by atoms with Gasteiger partial charge in [-0.3, -0.25) is 9.88 Å². The fraction of sp³-hybridized carbons (Fsp3) is 0.318. The molecule has 7 heteroatoms. The third kappa shape index (κ3) is 4.27. The van der Waals surface area contributed by atoms with Gasteiger partial charge in [0.2, 0.25) is 10.0 Å². The molecule has 29 heavy (non-hydrogen) atoms. The molecular formula is C22H25N3O3S. The van der Waals surface area contributed by atoms with Crippen LogP contribution < -0.4 is 9.46 Å². The molecule has 2 heterocycles. The van der Waals surface area contributed by atoms with Gasteiger partial charge in [0, 0.05) is 30.7 Å². The molecule has 1 fully saturated rings. The minimum Gasteiger partial charge on any atom is -0.497 e. The van der Waals surface area contributed by atoms with Crippen molar-refractivity contribution in [3.05, 3.63) is 66.4 Å². The molecule has 1 saturated heterocycles. The highest BCUT2D eigenvalue weighted by Gasteiger charge is 2.26. The van der Waals surface area contributed by atoms with Gasteiger partial charge in [0.05, 0.1) is 12.6 Å². The minimum absolute atomic E-state index is 0.226. The molecule has 0 spiro atoms.